The Morgan fingerprint density at radius 3 is 2.72 bits per heavy atom. The number of carbonyl (C=O) groups is 1. The maximum absolute atomic E-state index is 15.2. The van der Waals surface area contributed by atoms with Crippen molar-refractivity contribution in [1.82, 2.24) is 9.88 Å². The number of anilines is 1. The van der Waals surface area contributed by atoms with Crippen molar-refractivity contribution in [2.75, 3.05) is 30.8 Å². The van der Waals surface area contributed by atoms with E-state index in [2.05, 4.69) is 5.32 Å². The van der Waals surface area contributed by atoms with Crippen molar-refractivity contribution >= 4 is 45.9 Å². The lowest BCUT2D eigenvalue weighted by Crippen LogP contribution is -2.37. The molecule has 0 spiro atoms. The number of carboxylic acid groups (broad SMARTS) is 1. The Morgan fingerprint density at radius 1 is 1.41 bits per heavy atom. The van der Waals surface area contributed by atoms with Crippen LogP contribution in [-0.4, -0.2) is 52.8 Å². The summed E-state index contributed by atoms with van der Waals surface area (Å²) in [6.45, 7) is 4.12. The number of likely N-dealkylation sites (N-methyl/N-ethyl adjacent to an activating group) is 1. The molecule has 29 heavy (non-hydrogen) atoms. The van der Waals surface area contributed by atoms with E-state index in [0.29, 0.717) is 23.9 Å². The summed E-state index contributed by atoms with van der Waals surface area (Å²) >= 11 is 8.44. The zero-order valence-corrected chi connectivity index (χ0v) is 17.8. The number of fused-ring (bicyclic) bond motifs is 1. The van der Waals surface area contributed by atoms with E-state index >= 15 is 4.39 Å². The SMILES string of the molecule is CCNC1CN(c2c(F)cc3c(=O)c(C(=O)O)cn(C4CC4)c3c2Cl)CC1SC. The Kier molecular flexibility index (Phi) is 5.52. The molecule has 6 nitrogen and oxygen atoms in total. The number of nitrogens with one attached hydrogen (secondary N) is 1. The largest absolute Gasteiger partial charge is 0.477 e. The topological polar surface area (TPSA) is 74.6 Å². The summed E-state index contributed by atoms with van der Waals surface area (Å²) in [6.07, 6.45) is 5.14. The lowest BCUT2D eigenvalue weighted by atomic mass is 10.1. The summed E-state index contributed by atoms with van der Waals surface area (Å²) in [7, 11) is 0. The molecule has 156 valence electrons. The molecule has 0 amide bonds. The minimum absolute atomic E-state index is 0.0203. The van der Waals surface area contributed by atoms with Crippen LogP contribution < -0.4 is 15.6 Å². The Bertz CT molecular complexity index is 1040. The third-order valence-corrected chi connectivity index (χ3v) is 7.15. The zero-order valence-electron chi connectivity index (χ0n) is 16.2. The van der Waals surface area contributed by atoms with Gasteiger partial charge in [0, 0.05) is 36.6 Å². The number of pyridine rings is 1. The van der Waals surface area contributed by atoms with Gasteiger partial charge in [-0.2, -0.15) is 11.8 Å². The molecule has 2 heterocycles. The number of aromatic nitrogens is 1. The molecule has 1 saturated carbocycles. The second-order valence-electron chi connectivity index (χ2n) is 7.58. The number of rotatable bonds is 6. The van der Waals surface area contributed by atoms with E-state index in [-0.39, 0.29) is 33.7 Å². The van der Waals surface area contributed by atoms with Gasteiger partial charge in [0.2, 0.25) is 5.43 Å². The fourth-order valence-electron chi connectivity index (χ4n) is 4.17. The molecule has 0 radical (unpaired) electrons. The fraction of sp³-hybridized carbons (Fsp3) is 0.500. The van der Waals surface area contributed by atoms with Crippen molar-refractivity contribution in [3.05, 3.63) is 38.9 Å². The molecule has 9 heteroatoms. The summed E-state index contributed by atoms with van der Waals surface area (Å²) in [4.78, 5) is 26.1. The number of benzene rings is 1. The van der Waals surface area contributed by atoms with E-state index in [4.69, 9.17) is 11.6 Å². The average molecular weight is 440 g/mol. The first-order chi connectivity index (χ1) is 13.9. The molecule has 2 aromatic rings. The van der Waals surface area contributed by atoms with E-state index in [1.807, 2.05) is 18.1 Å². The molecule has 2 unspecified atom stereocenters. The molecule has 2 N–H and O–H groups in total. The molecule has 1 aliphatic carbocycles. The van der Waals surface area contributed by atoms with Gasteiger partial charge in [0.15, 0.2) is 0 Å². The second-order valence-corrected chi connectivity index (χ2v) is 9.03. The molecule has 1 aromatic heterocycles. The predicted molar refractivity (Wildman–Crippen MR) is 115 cm³/mol. The van der Waals surface area contributed by atoms with Crippen molar-refractivity contribution in [2.45, 2.75) is 37.1 Å². The average Bonchev–Trinajstić information content (AvgIpc) is 3.44. The molecule has 0 bridgehead atoms. The van der Waals surface area contributed by atoms with E-state index in [0.717, 1.165) is 25.5 Å². The van der Waals surface area contributed by atoms with Crippen LogP contribution in [0, 0.1) is 5.82 Å². The molecule has 2 atom stereocenters. The molecule has 2 aliphatic rings. The summed E-state index contributed by atoms with van der Waals surface area (Å²) in [5, 5.41) is 13.3. The predicted octanol–water partition coefficient (Wildman–Crippen LogP) is 3.36. The zero-order chi connectivity index (χ0) is 20.9. The first-order valence-electron chi connectivity index (χ1n) is 9.68. The van der Waals surface area contributed by atoms with Crippen molar-refractivity contribution in [3.63, 3.8) is 0 Å². The number of aromatic carboxylic acids is 1. The minimum Gasteiger partial charge on any atom is -0.477 e. The van der Waals surface area contributed by atoms with E-state index in [9.17, 15) is 14.7 Å². The first-order valence-corrected chi connectivity index (χ1v) is 11.3. The van der Waals surface area contributed by atoms with Crippen LogP contribution in [-0.2, 0) is 0 Å². The number of hydrogen-bond donors (Lipinski definition) is 2. The molecule has 1 saturated heterocycles. The molecule has 4 rings (SSSR count). The van der Waals surface area contributed by atoms with Crippen LogP contribution in [0.25, 0.3) is 10.9 Å². The molecular formula is C20H23ClFN3O3S. The fourth-order valence-corrected chi connectivity index (χ4v) is 5.42. The summed E-state index contributed by atoms with van der Waals surface area (Å²) in [6, 6.07) is 1.44. The maximum atomic E-state index is 15.2. The van der Waals surface area contributed by atoms with Gasteiger partial charge in [-0.3, -0.25) is 4.79 Å². The Labute approximate surface area is 177 Å². The van der Waals surface area contributed by atoms with Gasteiger partial charge in [-0.05, 0) is 31.7 Å². The Hall–Kier alpha value is -1.77. The highest BCUT2D eigenvalue weighted by Gasteiger charge is 2.36. The van der Waals surface area contributed by atoms with Crippen molar-refractivity contribution in [1.29, 1.82) is 0 Å². The summed E-state index contributed by atoms with van der Waals surface area (Å²) in [5.41, 5.74) is -0.349. The van der Waals surface area contributed by atoms with Crippen LogP contribution in [0.1, 0.15) is 36.2 Å². The summed E-state index contributed by atoms with van der Waals surface area (Å²) < 4.78 is 16.9. The van der Waals surface area contributed by atoms with Crippen molar-refractivity contribution in [2.24, 2.45) is 0 Å². The van der Waals surface area contributed by atoms with E-state index < -0.39 is 17.2 Å². The van der Waals surface area contributed by atoms with Crippen LogP contribution in [0.3, 0.4) is 0 Å². The van der Waals surface area contributed by atoms with Crippen LogP contribution in [0.15, 0.2) is 17.1 Å². The van der Waals surface area contributed by atoms with Crippen molar-refractivity contribution < 1.29 is 14.3 Å². The van der Waals surface area contributed by atoms with Gasteiger partial charge in [0.1, 0.15) is 11.4 Å². The van der Waals surface area contributed by atoms with Gasteiger partial charge in [0.25, 0.3) is 0 Å². The minimum atomic E-state index is -1.32. The highest BCUT2D eigenvalue weighted by Crippen LogP contribution is 2.43. The van der Waals surface area contributed by atoms with Crippen LogP contribution >= 0.6 is 23.4 Å². The molecule has 2 fully saturated rings. The second kappa shape index (κ2) is 7.81. The van der Waals surface area contributed by atoms with Crippen LogP contribution in [0.4, 0.5) is 10.1 Å². The molecular weight excluding hydrogens is 417 g/mol. The van der Waals surface area contributed by atoms with Gasteiger partial charge >= 0.3 is 5.97 Å². The van der Waals surface area contributed by atoms with E-state index in [1.165, 1.54) is 6.20 Å². The van der Waals surface area contributed by atoms with Gasteiger partial charge < -0.3 is 19.9 Å². The highest BCUT2D eigenvalue weighted by atomic mass is 35.5. The smallest absolute Gasteiger partial charge is 0.341 e. The van der Waals surface area contributed by atoms with Gasteiger partial charge in [-0.25, -0.2) is 9.18 Å². The number of thioether (sulfide) groups is 1. The number of nitrogens with zero attached hydrogens (tertiary/aromatic N) is 2. The van der Waals surface area contributed by atoms with E-state index in [1.54, 1.807) is 16.3 Å². The van der Waals surface area contributed by atoms with Gasteiger partial charge in [0.05, 0.1) is 21.6 Å². The quantitative estimate of drug-likeness (QED) is 0.719. The molecule has 1 aliphatic heterocycles. The number of halogens is 2. The number of carboxylic acids is 1. The Morgan fingerprint density at radius 2 is 2.14 bits per heavy atom. The van der Waals surface area contributed by atoms with Gasteiger partial charge in [-0.1, -0.05) is 18.5 Å². The van der Waals surface area contributed by atoms with Crippen LogP contribution in [0.2, 0.25) is 5.02 Å². The maximum Gasteiger partial charge on any atom is 0.341 e. The Balaban J connectivity index is 1.89. The highest BCUT2D eigenvalue weighted by molar-refractivity contribution is 7.99. The van der Waals surface area contributed by atoms with Crippen LogP contribution in [0.5, 0.6) is 0 Å². The molecule has 1 aromatic carbocycles. The third-order valence-electron chi connectivity index (χ3n) is 5.71. The third kappa shape index (κ3) is 3.51. The monoisotopic (exact) mass is 439 g/mol. The lowest BCUT2D eigenvalue weighted by molar-refractivity contribution is 0.0695. The van der Waals surface area contributed by atoms with Crippen molar-refractivity contribution in [3.8, 4) is 0 Å². The summed E-state index contributed by atoms with van der Waals surface area (Å²) in [5.74, 6) is -1.91. The lowest BCUT2D eigenvalue weighted by Gasteiger charge is -2.23. The normalized spacial score (nSPS) is 21.9. The first kappa shape index (κ1) is 20.5. The standard InChI is InChI=1S/C20H23ClFN3O3S/c1-3-23-14-8-24(9-15(14)29-2)18-13(22)6-11-17(16(18)21)25(10-4-5-10)7-12(19(11)26)20(27)28/h6-7,10,14-15,23H,3-5,8-9H2,1-2H3,(H,27,28). The van der Waals surface area contributed by atoms with Gasteiger partial charge in [-0.15, -0.1) is 0 Å². The number of hydrogen-bond acceptors (Lipinski definition) is 5.